The highest BCUT2D eigenvalue weighted by Gasteiger charge is 2.26. The van der Waals surface area contributed by atoms with Gasteiger partial charge in [0.15, 0.2) is 6.10 Å². The number of phosphoric ester groups is 1. The minimum atomic E-state index is -4.42. The van der Waals surface area contributed by atoms with Crippen LogP contribution in [0, 0.1) is 0 Å². The molecule has 58 heavy (non-hydrogen) atoms. The molecule has 334 valence electrons. The van der Waals surface area contributed by atoms with Crippen molar-refractivity contribution in [3.05, 3.63) is 72.9 Å². The maximum atomic E-state index is 12.6. The van der Waals surface area contributed by atoms with Gasteiger partial charge in [-0.2, -0.15) is 0 Å². The Morgan fingerprint density at radius 1 is 0.569 bits per heavy atom. The smallest absolute Gasteiger partial charge is 0.462 e. The highest BCUT2D eigenvalue weighted by Crippen LogP contribution is 2.43. The molecule has 10 heteroatoms. The molecule has 0 aliphatic heterocycles. The topological polar surface area (TPSA) is 108 Å². The monoisotopic (exact) mass is 835 g/mol. The van der Waals surface area contributed by atoms with Crippen molar-refractivity contribution in [1.29, 1.82) is 0 Å². The second-order valence-corrected chi connectivity index (χ2v) is 17.7. The third-order valence-electron chi connectivity index (χ3n) is 9.48. The number of rotatable bonds is 40. The van der Waals surface area contributed by atoms with Crippen molar-refractivity contribution in [2.24, 2.45) is 0 Å². The van der Waals surface area contributed by atoms with E-state index in [1.54, 1.807) is 12.2 Å². The summed E-state index contributed by atoms with van der Waals surface area (Å²) in [6, 6.07) is 0. The van der Waals surface area contributed by atoms with E-state index in [2.05, 4.69) is 26.0 Å². The molecule has 2 unspecified atom stereocenters. The van der Waals surface area contributed by atoms with Crippen LogP contribution in [-0.2, 0) is 32.7 Å². The Kier molecular flexibility index (Phi) is 38.1. The molecular weight excluding hydrogens is 750 g/mol. The molecule has 0 aliphatic carbocycles. The third-order valence-corrected chi connectivity index (χ3v) is 10.5. The standard InChI is InChI=1S/C48H84NO8P/c1-6-8-10-12-14-16-18-20-22-23-24-25-27-29-31-33-35-37-39-41-48(51)57-46(45-56-58(52,53)55-43-42-49(3,4)5)44-54-47(50)40-38-36-34-32-30-28-26-21-19-17-15-13-11-9-7-2/h22-25,27,29,31,33,35,37,39,41,46H,6-21,26,28,30,32,34,36,38,40,42-45H2,1-5H3/p+1. The first-order valence-corrected chi connectivity index (χ1v) is 24.3. The quantitative estimate of drug-likeness (QED) is 0.0162. The largest absolute Gasteiger partial charge is 0.472 e. The number of carbonyl (C=O) groups excluding carboxylic acids is 2. The number of likely N-dealkylation sites (N-methyl/N-ethyl adjacent to an activating group) is 1. The lowest BCUT2D eigenvalue weighted by atomic mass is 10.0. The van der Waals surface area contributed by atoms with Gasteiger partial charge < -0.3 is 18.9 Å². The third kappa shape index (κ3) is 43.0. The molecule has 0 aromatic rings. The zero-order valence-electron chi connectivity index (χ0n) is 37.5. The van der Waals surface area contributed by atoms with Gasteiger partial charge in [0.05, 0.1) is 27.7 Å². The van der Waals surface area contributed by atoms with Crippen LogP contribution >= 0.6 is 7.82 Å². The summed E-state index contributed by atoms with van der Waals surface area (Å²) in [7, 11) is 1.38. The summed E-state index contributed by atoms with van der Waals surface area (Å²) in [6.07, 6.45) is 50.2. The fourth-order valence-electron chi connectivity index (χ4n) is 5.90. The van der Waals surface area contributed by atoms with Crippen LogP contribution in [0.3, 0.4) is 0 Å². The van der Waals surface area contributed by atoms with Crippen molar-refractivity contribution in [1.82, 2.24) is 0 Å². The number of esters is 2. The molecule has 9 nitrogen and oxygen atoms in total. The molecular formula is C48H85NO8P+. The fraction of sp³-hybridized carbons (Fsp3) is 0.708. The molecule has 0 heterocycles. The van der Waals surface area contributed by atoms with Crippen LogP contribution in [0.2, 0.25) is 0 Å². The highest BCUT2D eigenvalue weighted by atomic mass is 31.2. The van der Waals surface area contributed by atoms with Crippen molar-refractivity contribution in [3.63, 3.8) is 0 Å². The molecule has 0 fully saturated rings. The second-order valence-electron chi connectivity index (χ2n) is 16.3. The molecule has 0 aliphatic rings. The number of ether oxygens (including phenoxy) is 2. The summed E-state index contributed by atoms with van der Waals surface area (Å²) in [5.74, 6) is -1.11. The van der Waals surface area contributed by atoms with Gasteiger partial charge in [-0.15, -0.1) is 0 Å². The lowest BCUT2D eigenvalue weighted by Gasteiger charge is -2.24. The van der Waals surface area contributed by atoms with Gasteiger partial charge in [-0.3, -0.25) is 13.8 Å². The molecule has 0 aromatic heterocycles. The van der Waals surface area contributed by atoms with E-state index in [1.807, 2.05) is 57.6 Å². The number of quaternary nitrogens is 1. The lowest BCUT2D eigenvalue weighted by molar-refractivity contribution is -0.870. The molecule has 0 radical (unpaired) electrons. The first kappa shape index (κ1) is 55.5. The van der Waals surface area contributed by atoms with Gasteiger partial charge in [-0.05, 0) is 19.3 Å². The number of carbonyl (C=O) groups is 2. The van der Waals surface area contributed by atoms with E-state index in [4.69, 9.17) is 18.5 Å². The van der Waals surface area contributed by atoms with E-state index in [0.717, 1.165) is 25.7 Å². The zero-order valence-corrected chi connectivity index (χ0v) is 38.4. The van der Waals surface area contributed by atoms with E-state index in [0.29, 0.717) is 11.0 Å². The van der Waals surface area contributed by atoms with E-state index in [-0.39, 0.29) is 19.6 Å². The van der Waals surface area contributed by atoms with Crippen molar-refractivity contribution >= 4 is 19.8 Å². The van der Waals surface area contributed by atoms with Crippen LogP contribution in [0.25, 0.3) is 0 Å². The fourth-order valence-corrected chi connectivity index (χ4v) is 6.65. The van der Waals surface area contributed by atoms with Crippen LogP contribution in [-0.4, -0.2) is 74.9 Å². The Morgan fingerprint density at radius 3 is 1.48 bits per heavy atom. The van der Waals surface area contributed by atoms with Crippen LogP contribution < -0.4 is 0 Å². The predicted molar refractivity (Wildman–Crippen MR) is 242 cm³/mol. The zero-order chi connectivity index (χ0) is 42.8. The first-order chi connectivity index (χ1) is 28.0. The van der Waals surface area contributed by atoms with E-state index in [9.17, 15) is 19.0 Å². The minimum Gasteiger partial charge on any atom is -0.462 e. The minimum absolute atomic E-state index is 0.00271. The molecule has 2 atom stereocenters. The second kappa shape index (κ2) is 39.9. The maximum Gasteiger partial charge on any atom is 0.472 e. The summed E-state index contributed by atoms with van der Waals surface area (Å²) in [4.78, 5) is 35.2. The van der Waals surface area contributed by atoms with Gasteiger partial charge >= 0.3 is 19.8 Å². The Hall–Kier alpha value is -2.55. The van der Waals surface area contributed by atoms with Crippen LogP contribution in [0.4, 0.5) is 0 Å². The molecule has 0 saturated heterocycles. The predicted octanol–water partition coefficient (Wildman–Crippen LogP) is 13.0. The molecule has 0 spiro atoms. The lowest BCUT2D eigenvalue weighted by Crippen LogP contribution is -2.37. The molecule has 0 bridgehead atoms. The van der Waals surface area contributed by atoms with Gasteiger partial charge in [0.1, 0.15) is 19.8 Å². The summed E-state index contributed by atoms with van der Waals surface area (Å²) < 4.78 is 34.0. The summed E-state index contributed by atoms with van der Waals surface area (Å²) in [6.45, 7) is 4.22. The Bertz CT molecular complexity index is 1220. The highest BCUT2D eigenvalue weighted by molar-refractivity contribution is 7.47. The van der Waals surface area contributed by atoms with Crippen LogP contribution in [0.5, 0.6) is 0 Å². The van der Waals surface area contributed by atoms with Crippen molar-refractivity contribution in [3.8, 4) is 0 Å². The Labute approximate surface area is 355 Å². The molecule has 1 N–H and O–H groups in total. The normalized spacial score (nSPS) is 14.2. The van der Waals surface area contributed by atoms with E-state index < -0.39 is 32.5 Å². The van der Waals surface area contributed by atoms with Crippen LogP contribution in [0.15, 0.2) is 72.9 Å². The number of hydrogen-bond acceptors (Lipinski definition) is 7. The summed E-state index contributed by atoms with van der Waals surface area (Å²) in [5, 5.41) is 0. The average molecular weight is 835 g/mol. The molecule has 0 rings (SSSR count). The van der Waals surface area contributed by atoms with Crippen molar-refractivity contribution < 1.29 is 42.1 Å². The van der Waals surface area contributed by atoms with Gasteiger partial charge in [0.2, 0.25) is 0 Å². The Balaban J connectivity index is 4.59. The van der Waals surface area contributed by atoms with Gasteiger partial charge in [0.25, 0.3) is 0 Å². The summed E-state index contributed by atoms with van der Waals surface area (Å²) >= 11 is 0. The summed E-state index contributed by atoms with van der Waals surface area (Å²) in [5.41, 5.74) is 0. The SMILES string of the molecule is CCCCCCCCCC=CC=CC=CC=CC=CC=CC(=O)OC(COC(=O)CCCCCCCCCCCCCCCCC)COP(=O)(O)OCC[N+](C)(C)C. The maximum absolute atomic E-state index is 12.6. The van der Waals surface area contributed by atoms with E-state index >= 15 is 0 Å². The number of hydrogen-bond donors (Lipinski definition) is 1. The average Bonchev–Trinajstić information content (AvgIpc) is 3.17. The van der Waals surface area contributed by atoms with Gasteiger partial charge in [-0.1, -0.05) is 209 Å². The molecule has 0 aromatic carbocycles. The number of unbranched alkanes of at least 4 members (excludes halogenated alkanes) is 21. The van der Waals surface area contributed by atoms with Gasteiger partial charge in [-0.25, -0.2) is 9.36 Å². The van der Waals surface area contributed by atoms with Crippen molar-refractivity contribution in [2.75, 3.05) is 47.5 Å². The Morgan fingerprint density at radius 2 is 1.00 bits per heavy atom. The number of nitrogens with zero attached hydrogens (tertiary/aromatic N) is 1. The number of allylic oxidation sites excluding steroid dienone is 11. The van der Waals surface area contributed by atoms with Gasteiger partial charge in [0, 0.05) is 12.5 Å². The number of phosphoric acid groups is 1. The first-order valence-electron chi connectivity index (χ1n) is 22.8. The van der Waals surface area contributed by atoms with E-state index in [1.165, 1.54) is 134 Å². The van der Waals surface area contributed by atoms with Crippen LogP contribution in [0.1, 0.15) is 168 Å². The molecule has 0 saturated carbocycles. The van der Waals surface area contributed by atoms with Crippen molar-refractivity contribution in [2.45, 2.75) is 174 Å². The molecule has 0 amide bonds.